The molecule has 1 amide bonds. The highest BCUT2D eigenvalue weighted by molar-refractivity contribution is 5.80. The van der Waals surface area contributed by atoms with Crippen LogP contribution in [0.2, 0.25) is 0 Å². The molecule has 0 fully saturated rings. The van der Waals surface area contributed by atoms with Crippen LogP contribution in [0.1, 0.15) is 32.2 Å². The van der Waals surface area contributed by atoms with E-state index in [0.29, 0.717) is 22.2 Å². The number of carbonyl (C=O) groups excluding carboxylic acids is 1. The molecule has 0 aliphatic heterocycles. The Hall–Kier alpha value is -4.08. The zero-order chi connectivity index (χ0) is 22.7. The van der Waals surface area contributed by atoms with Crippen LogP contribution in [0, 0.1) is 5.92 Å². The third-order valence-corrected chi connectivity index (χ3v) is 5.06. The van der Waals surface area contributed by atoms with Crippen molar-refractivity contribution in [2.75, 3.05) is 0 Å². The first-order valence-electron chi connectivity index (χ1n) is 10.2. The zero-order valence-electron chi connectivity index (χ0n) is 17.6. The predicted octanol–water partition coefficient (Wildman–Crippen LogP) is 2.04. The molecular weight excluding hydrogens is 412 g/mol. The van der Waals surface area contributed by atoms with Gasteiger partial charge in [-0.15, -0.1) is 0 Å². The number of amides is 1. The van der Waals surface area contributed by atoms with E-state index in [-0.39, 0.29) is 41.8 Å². The molecule has 2 N–H and O–H groups in total. The van der Waals surface area contributed by atoms with Crippen LogP contribution in [0.5, 0.6) is 0 Å². The summed E-state index contributed by atoms with van der Waals surface area (Å²) >= 11 is 0. The Morgan fingerprint density at radius 2 is 1.94 bits per heavy atom. The number of carbonyl (C=O) groups is 1. The molecule has 0 aliphatic carbocycles. The van der Waals surface area contributed by atoms with Crippen molar-refractivity contribution < 1.29 is 9.32 Å². The van der Waals surface area contributed by atoms with Crippen LogP contribution in [0.25, 0.3) is 22.2 Å². The lowest BCUT2D eigenvalue weighted by Crippen LogP contribution is -2.35. The van der Waals surface area contributed by atoms with Gasteiger partial charge in [0.2, 0.25) is 17.6 Å². The molecule has 4 rings (SSSR count). The molecule has 0 spiro atoms. The lowest BCUT2D eigenvalue weighted by atomic mass is 10.0. The van der Waals surface area contributed by atoms with Crippen LogP contribution < -0.4 is 16.4 Å². The SMILES string of the molecule is CC(C)C(NC(=O)CCn1[nH]c(=O)c2ccccc2c1=O)c1nc(-c2cccnc2)no1. The highest BCUT2D eigenvalue weighted by atomic mass is 16.5. The van der Waals surface area contributed by atoms with Gasteiger partial charge in [-0.3, -0.25) is 24.5 Å². The van der Waals surface area contributed by atoms with E-state index in [2.05, 4.69) is 25.5 Å². The fourth-order valence-corrected chi connectivity index (χ4v) is 3.35. The Labute approximate surface area is 182 Å². The van der Waals surface area contributed by atoms with Gasteiger partial charge in [-0.05, 0) is 30.2 Å². The van der Waals surface area contributed by atoms with Crippen molar-refractivity contribution in [3.63, 3.8) is 0 Å². The van der Waals surface area contributed by atoms with Crippen molar-refractivity contribution in [2.24, 2.45) is 5.92 Å². The normalized spacial score (nSPS) is 12.2. The Kier molecular flexibility index (Phi) is 5.93. The van der Waals surface area contributed by atoms with Gasteiger partial charge >= 0.3 is 0 Å². The second kappa shape index (κ2) is 8.96. The van der Waals surface area contributed by atoms with Gasteiger partial charge in [0.05, 0.1) is 17.3 Å². The predicted molar refractivity (Wildman–Crippen MR) is 117 cm³/mol. The fraction of sp³-hybridized carbons (Fsp3) is 0.273. The van der Waals surface area contributed by atoms with Crippen molar-refractivity contribution >= 4 is 16.7 Å². The van der Waals surface area contributed by atoms with Crippen molar-refractivity contribution in [1.29, 1.82) is 0 Å². The molecule has 3 heterocycles. The number of nitrogens with one attached hydrogen (secondary N) is 2. The molecule has 1 unspecified atom stereocenters. The standard InChI is InChI=1S/C22H22N6O4/c1-13(2)18(21-25-19(27-32-21)14-6-5-10-23-12-14)24-17(29)9-11-28-22(31)16-8-4-3-7-15(16)20(30)26-28/h3-8,10,12-13,18H,9,11H2,1-2H3,(H,24,29)(H,26,30). The van der Waals surface area contributed by atoms with E-state index in [1.54, 1.807) is 42.7 Å². The smallest absolute Gasteiger partial charge is 0.273 e. The topological polar surface area (TPSA) is 136 Å². The Balaban J connectivity index is 1.47. The van der Waals surface area contributed by atoms with Crippen molar-refractivity contribution in [3.05, 3.63) is 75.4 Å². The zero-order valence-corrected chi connectivity index (χ0v) is 17.6. The molecule has 10 nitrogen and oxygen atoms in total. The Bertz CT molecular complexity index is 1360. The average molecular weight is 434 g/mol. The third-order valence-electron chi connectivity index (χ3n) is 5.06. The summed E-state index contributed by atoms with van der Waals surface area (Å²) in [6.45, 7) is 3.87. The summed E-state index contributed by atoms with van der Waals surface area (Å²) < 4.78 is 6.54. The number of benzene rings is 1. The van der Waals surface area contributed by atoms with Gasteiger partial charge < -0.3 is 9.84 Å². The molecule has 0 saturated heterocycles. The number of aromatic nitrogens is 5. The van der Waals surface area contributed by atoms with E-state index in [9.17, 15) is 14.4 Å². The molecule has 164 valence electrons. The van der Waals surface area contributed by atoms with Gasteiger partial charge in [0.25, 0.3) is 11.1 Å². The van der Waals surface area contributed by atoms with Gasteiger partial charge in [0.15, 0.2) is 0 Å². The quantitative estimate of drug-likeness (QED) is 0.454. The molecule has 4 aromatic rings. The number of pyridine rings is 1. The maximum absolute atomic E-state index is 12.6. The Morgan fingerprint density at radius 3 is 2.66 bits per heavy atom. The van der Waals surface area contributed by atoms with Gasteiger partial charge in [-0.1, -0.05) is 31.1 Å². The summed E-state index contributed by atoms with van der Waals surface area (Å²) in [5.41, 5.74) is -0.0307. The Morgan fingerprint density at radius 1 is 1.16 bits per heavy atom. The molecule has 0 aliphatic rings. The van der Waals surface area contributed by atoms with Crippen LogP contribution in [0.15, 0.2) is 62.9 Å². The second-order valence-electron chi connectivity index (χ2n) is 7.68. The van der Waals surface area contributed by atoms with E-state index in [0.717, 1.165) is 4.68 Å². The second-order valence-corrected chi connectivity index (χ2v) is 7.68. The molecule has 1 aromatic carbocycles. The molecule has 1 atom stereocenters. The number of fused-ring (bicyclic) bond motifs is 1. The van der Waals surface area contributed by atoms with E-state index in [1.165, 1.54) is 0 Å². The number of aromatic amines is 1. The van der Waals surface area contributed by atoms with Crippen LogP contribution >= 0.6 is 0 Å². The van der Waals surface area contributed by atoms with Crippen molar-refractivity contribution in [3.8, 4) is 11.4 Å². The van der Waals surface area contributed by atoms with Gasteiger partial charge in [-0.25, -0.2) is 4.68 Å². The molecule has 10 heteroatoms. The number of aryl methyl sites for hydroxylation is 1. The lowest BCUT2D eigenvalue weighted by Gasteiger charge is -2.18. The van der Waals surface area contributed by atoms with E-state index in [4.69, 9.17) is 4.52 Å². The van der Waals surface area contributed by atoms with Crippen LogP contribution in [0.4, 0.5) is 0 Å². The first kappa shape index (κ1) is 21.2. The summed E-state index contributed by atoms with van der Waals surface area (Å²) in [5, 5.41) is 10.0. The molecular formula is C22H22N6O4. The summed E-state index contributed by atoms with van der Waals surface area (Å²) in [5.74, 6) is 0.326. The van der Waals surface area contributed by atoms with E-state index >= 15 is 0 Å². The van der Waals surface area contributed by atoms with E-state index < -0.39 is 6.04 Å². The maximum atomic E-state index is 12.6. The summed E-state index contributed by atoms with van der Waals surface area (Å²) in [4.78, 5) is 45.9. The number of hydrogen-bond donors (Lipinski definition) is 2. The van der Waals surface area contributed by atoms with Gasteiger partial charge in [0, 0.05) is 24.4 Å². The van der Waals surface area contributed by atoms with Crippen LogP contribution in [0.3, 0.4) is 0 Å². The number of rotatable bonds is 7. The van der Waals surface area contributed by atoms with E-state index in [1.807, 2.05) is 19.9 Å². The molecule has 0 radical (unpaired) electrons. The first-order chi connectivity index (χ1) is 15.4. The maximum Gasteiger partial charge on any atom is 0.273 e. The molecule has 3 aromatic heterocycles. The molecule has 0 bridgehead atoms. The number of H-pyrrole nitrogens is 1. The third kappa shape index (κ3) is 4.34. The largest absolute Gasteiger partial charge is 0.344 e. The van der Waals surface area contributed by atoms with Gasteiger partial charge in [-0.2, -0.15) is 4.98 Å². The average Bonchev–Trinajstić information content (AvgIpc) is 3.29. The number of nitrogens with zero attached hydrogens (tertiary/aromatic N) is 4. The van der Waals surface area contributed by atoms with Crippen LogP contribution in [-0.4, -0.2) is 30.8 Å². The van der Waals surface area contributed by atoms with Crippen molar-refractivity contribution in [1.82, 2.24) is 30.2 Å². The minimum Gasteiger partial charge on any atom is -0.344 e. The monoisotopic (exact) mass is 434 g/mol. The summed E-state index contributed by atoms with van der Waals surface area (Å²) in [6.07, 6.45) is 3.26. The summed E-state index contributed by atoms with van der Waals surface area (Å²) in [7, 11) is 0. The minimum atomic E-state index is -0.507. The first-order valence-corrected chi connectivity index (χ1v) is 10.2. The number of hydrogen-bond acceptors (Lipinski definition) is 7. The lowest BCUT2D eigenvalue weighted by molar-refractivity contribution is -0.122. The molecule has 0 saturated carbocycles. The summed E-state index contributed by atoms with van der Waals surface area (Å²) in [6, 6.07) is 9.64. The molecule has 32 heavy (non-hydrogen) atoms. The fourth-order valence-electron chi connectivity index (χ4n) is 3.35. The highest BCUT2D eigenvalue weighted by Crippen LogP contribution is 2.23. The minimum absolute atomic E-state index is 0.0129. The highest BCUT2D eigenvalue weighted by Gasteiger charge is 2.25. The van der Waals surface area contributed by atoms with Crippen molar-refractivity contribution in [2.45, 2.75) is 32.9 Å². The van der Waals surface area contributed by atoms with Gasteiger partial charge in [0.1, 0.15) is 6.04 Å². The van der Waals surface area contributed by atoms with Crippen LogP contribution in [-0.2, 0) is 11.3 Å².